The van der Waals surface area contributed by atoms with E-state index in [9.17, 15) is 9.59 Å². The SMILES string of the molecule is CC(C)(C)OC(=O)NC1CC(C2C[C@@H]2C(=O)O)C1. The molecule has 0 heterocycles. The van der Waals surface area contributed by atoms with Crippen LogP contribution in [0.25, 0.3) is 0 Å². The number of ether oxygens (including phenoxy) is 1. The zero-order valence-electron chi connectivity index (χ0n) is 11.1. The molecular weight excluding hydrogens is 234 g/mol. The van der Waals surface area contributed by atoms with Crippen LogP contribution in [0.15, 0.2) is 0 Å². The Morgan fingerprint density at radius 2 is 1.83 bits per heavy atom. The molecule has 2 atom stereocenters. The van der Waals surface area contributed by atoms with Crippen molar-refractivity contribution in [2.45, 2.75) is 51.7 Å². The number of nitrogens with one attached hydrogen (secondary N) is 1. The van der Waals surface area contributed by atoms with Crippen molar-refractivity contribution in [2.24, 2.45) is 17.8 Å². The Balaban J connectivity index is 1.65. The van der Waals surface area contributed by atoms with E-state index in [1.807, 2.05) is 20.8 Å². The number of carbonyl (C=O) groups is 2. The van der Waals surface area contributed by atoms with E-state index in [0.717, 1.165) is 19.3 Å². The van der Waals surface area contributed by atoms with E-state index in [0.29, 0.717) is 11.8 Å². The van der Waals surface area contributed by atoms with Gasteiger partial charge in [-0.2, -0.15) is 0 Å². The van der Waals surface area contributed by atoms with Crippen LogP contribution in [-0.4, -0.2) is 28.8 Å². The number of rotatable bonds is 3. The van der Waals surface area contributed by atoms with Crippen molar-refractivity contribution in [2.75, 3.05) is 0 Å². The lowest BCUT2D eigenvalue weighted by atomic mass is 9.76. The average Bonchev–Trinajstić information content (AvgIpc) is 2.86. The molecule has 1 unspecified atom stereocenters. The summed E-state index contributed by atoms with van der Waals surface area (Å²) in [5.41, 5.74) is -0.474. The maximum absolute atomic E-state index is 11.5. The van der Waals surface area contributed by atoms with Gasteiger partial charge >= 0.3 is 12.1 Å². The first-order valence-electron chi connectivity index (χ1n) is 6.48. The second-order valence-electron chi connectivity index (χ2n) is 6.42. The maximum atomic E-state index is 11.5. The molecule has 0 aromatic carbocycles. The maximum Gasteiger partial charge on any atom is 0.407 e. The molecule has 2 rings (SSSR count). The molecule has 0 spiro atoms. The molecular formula is C13H21NO4. The highest BCUT2D eigenvalue weighted by molar-refractivity contribution is 5.73. The highest BCUT2D eigenvalue weighted by Crippen LogP contribution is 2.51. The Labute approximate surface area is 107 Å². The average molecular weight is 255 g/mol. The first kappa shape index (κ1) is 13.2. The topological polar surface area (TPSA) is 75.6 Å². The molecule has 0 aromatic rings. The van der Waals surface area contributed by atoms with Gasteiger partial charge in [0.1, 0.15) is 5.60 Å². The summed E-state index contributed by atoms with van der Waals surface area (Å²) in [4.78, 5) is 22.2. The first-order chi connectivity index (χ1) is 8.26. The van der Waals surface area contributed by atoms with E-state index < -0.39 is 11.6 Å². The number of alkyl carbamates (subject to hydrolysis) is 1. The van der Waals surface area contributed by atoms with Crippen LogP contribution in [-0.2, 0) is 9.53 Å². The van der Waals surface area contributed by atoms with Crippen molar-refractivity contribution in [3.8, 4) is 0 Å². The van der Waals surface area contributed by atoms with Gasteiger partial charge in [-0.05, 0) is 51.9 Å². The van der Waals surface area contributed by atoms with Crippen molar-refractivity contribution < 1.29 is 19.4 Å². The minimum Gasteiger partial charge on any atom is -0.481 e. The summed E-state index contributed by atoms with van der Waals surface area (Å²) in [7, 11) is 0. The highest BCUT2D eigenvalue weighted by atomic mass is 16.6. The quantitative estimate of drug-likeness (QED) is 0.809. The predicted molar refractivity (Wildman–Crippen MR) is 65.1 cm³/mol. The van der Waals surface area contributed by atoms with Gasteiger partial charge < -0.3 is 15.2 Å². The third-order valence-electron chi connectivity index (χ3n) is 3.66. The summed E-state index contributed by atoms with van der Waals surface area (Å²) < 4.78 is 5.17. The summed E-state index contributed by atoms with van der Waals surface area (Å²) >= 11 is 0. The molecule has 2 aliphatic rings. The number of aliphatic carboxylic acids is 1. The van der Waals surface area contributed by atoms with Gasteiger partial charge in [-0.1, -0.05) is 0 Å². The van der Waals surface area contributed by atoms with Crippen LogP contribution in [0.4, 0.5) is 4.79 Å². The number of carboxylic acid groups (broad SMARTS) is 1. The summed E-state index contributed by atoms with van der Waals surface area (Å²) in [6.07, 6.45) is 2.19. The lowest BCUT2D eigenvalue weighted by Gasteiger charge is -2.36. The van der Waals surface area contributed by atoms with E-state index in [1.165, 1.54) is 0 Å². The Kier molecular flexibility index (Phi) is 3.25. The third kappa shape index (κ3) is 3.15. The summed E-state index contributed by atoms with van der Waals surface area (Å²) in [5.74, 6) is -0.0220. The van der Waals surface area contributed by atoms with Crippen LogP contribution in [0, 0.1) is 17.8 Å². The molecule has 0 saturated heterocycles. The fraction of sp³-hybridized carbons (Fsp3) is 0.846. The lowest BCUT2D eigenvalue weighted by Crippen LogP contribution is -2.46. The fourth-order valence-electron chi connectivity index (χ4n) is 2.62. The van der Waals surface area contributed by atoms with Gasteiger partial charge in [-0.15, -0.1) is 0 Å². The van der Waals surface area contributed by atoms with Crippen LogP contribution >= 0.6 is 0 Å². The Hall–Kier alpha value is -1.26. The first-order valence-corrected chi connectivity index (χ1v) is 6.48. The van der Waals surface area contributed by atoms with Crippen molar-refractivity contribution in [1.82, 2.24) is 5.32 Å². The predicted octanol–water partition coefficient (Wildman–Crippen LogP) is 2.01. The van der Waals surface area contributed by atoms with E-state index in [-0.39, 0.29) is 18.1 Å². The monoisotopic (exact) mass is 255 g/mol. The minimum atomic E-state index is -0.677. The van der Waals surface area contributed by atoms with Crippen molar-refractivity contribution in [3.63, 3.8) is 0 Å². The van der Waals surface area contributed by atoms with Crippen LogP contribution < -0.4 is 5.32 Å². The number of carboxylic acids is 1. The lowest BCUT2D eigenvalue weighted by molar-refractivity contribution is -0.139. The Bertz CT molecular complexity index is 354. The van der Waals surface area contributed by atoms with Gasteiger partial charge in [0, 0.05) is 6.04 Å². The molecule has 2 saturated carbocycles. The molecule has 5 nitrogen and oxygen atoms in total. The summed E-state index contributed by atoms with van der Waals surface area (Å²) in [6.45, 7) is 5.49. The van der Waals surface area contributed by atoms with Gasteiger partial charge in [0.25, 0.3) is 0 Å². The minimum absolute atomic E-state index is 0.141. The molecule has 2 N–H and O–H groups in total. The molecule has 18 heavy (non-hydrogen) atoms. The van der Waals surface area contributed by atoms with Crippen LogP contribution in [0.3, 0.4) is 0 Å². The molecule has 0 bridgehead atoms. The van der Waals surface area contributed by atoms with Gasteiger partial charge in [-0.25, -0.2) is 4.79 Å². The number of carbonyl (C=O) groups excluding carboxylic acids is 1. The van der Waals surface area contributed by atoms with Crippen molar-refractivity contribution in [3.05, 3.63) is 0 Å². The van der Waals surface area contributed by atoms with E-state index in [4.69, 9.17) is 9.84 Å². The summed E-state index contributed by atoms with van der Waals surface area (Å²) in [5, 5.41) is 11.7. The number of amides is 1. The molecule has 102 valence electrons. The number of hydrogen-bond acceptors (Lipinski definition) is 3. The van der Waals surface area contributed by atoms with Crippen LogP contribution in [0.1, 0.15) is 40.0 Å². The van der Waals surface area contributed by atoms with E-state index in [2.05, 4.69) is 5.32 Å². The van der Waals surface area contributed by atoms with Crippen molar-refractivity contribution in [1.29, 1.82) is 0 Å². The molecule has 0 aliphatic heterocycles. The second kappa shape index (κ2) is 4.44. The third-order valence-corrected chi connectivity index (χ3v) is 3.66. The fourth-order valence-corrected chi connectivity index (χ4v) is 2.62. The normalized spacial score (nSPS) is 34.4. The molecule has 0 aromatic heterocycles. The van der Waals surface area contributed by atoms with Crippen LogP contribution in [0.5, 0.6) is 0 Å². The Morgan fingerprint density at radius 3 is 2.28 bits per heavy atom. The molecule has 2 fully saturated rings. The second-order valence-corrected chi connectivity index (χ2v) is 6.42. The Morgan fingerprint density at radius 1 is 1.22 bits per heavy atom. The zero-order chi connectivity index (χ0) is 13.5. The van der Waals surface area contributed by atoms with Gasteiger partial charge in [-0.3, -0.25) is 4.79 Å². The molecule has 2 aliphatic carbocycles. The van der Waals surface area contributed by atoms with Crippen LogP contribution in [0.2, 0.25) is 0 Å². The largest absolute Gasteiger partial charge is 0.481 e. The van der Waals surface area contributed by atoms with Gasteiger partial charge in [0.15, 0.2) is 0 Å². The van der Waals surface area contributed by atoms with Gasteiger partial charge in [0.2, 0.25) is 0 Å². The van der Waals surface area contributed by atoms with Crippen molar-refractivity contribution >= 4 is 12.1 Å². The smallest absolute Gasteiger partial charge is 0.407 e. The molecule has 1 amide bonds. The highest BCUT2D eigenvalue weighted by Gasteiger charge is 2.51. The number of hydrogen-bond donors (Lipinski definition) is 2. The zero-order valence-corrected chi connectivity index (χ0v) is 11.1. The standard InChI is InChI=1S/C13H21NO4/c1-13(2,3)18-12(17)14-8-4-7(5-8)9-6-10(9)11(15)16/h7-10H,4-6H2,1-3H3,(H,14,17)(H,15,16)/t7?,8?,9?,10-/m0/s1. The van der Waals surface area contributed by atoms with E-state index in [1.54, 1.807) is 0 Å². The van der Waals surface area contributed by atoms with E-state index >= 15 is 0 Å². The molecule has 0 radical (unpaired) electrons. The molecule has 5 heteroatoms. The summed E-state index contributed by atoms with van der Waals surface area (Å²) in [6, 6.07) is 0.153. The van der Waals surface area contributed by atoms with Gasteiger partial charge in [0.05, 0.1) is 5.92 Å².